The molecule has 1 unspecified atom stereocenters. The molecule has 2 aliphatic heterocycles. The van der Waals surface area contributed by atoms with Gasteiger partial charge in [0.05, 0.1) is 10.5 Å². The number of hydrogen-bond acceptors (Lipinski definition) is 6. The lowest BCUT2D eigenvalue weighted by Gasteiger charge is -2.32. The van der Waals surface area contributed by atoms with Crippen LogP contribution < -0.4 is 0 Å². The van der Waals surface area contributed by atoms with Gasteiger partial charge in [-0.2, -0.15) is 0 Å². The number of fused-ring (bicyclic) bond motifs is 1. The minimum Gasteiger partial charge on any atom is -0.284 e. The van der Waals surface area contributed by atoms with Gasteiger partial charge < -0.3 is 0 Å². The van der Waals surface area contributed by atoms with E-state index in [-0.39, 0.29) is 24.0 Å². The van der Waals surface area contributed by atoms with Crippen LogP contribution in [-0.2, 0) is 9.59 Å². The van der Waals surface area contributed by atoms with Crippen molar-refractivity contribution in [3.05, 3.63) is 39.4 Å². The van der Waals surface area contributed by atoms with Gasteiger partial charge in [-0.3, -0.25) is 39.1 Å². The number of carbonyl (C=O) groups is 4. The summed E-state index contributed by atoms with van der Waals surface area (Å²) < 4.78 is 0. The van der Waals surface area contributed by atoms with E-state index in [0.29, 0.717) is 0 Å². The molecule has 1 aromatic rings. The van der Waals surface area contributed by atoms with E-state index in [2.05, 4.69) is 0 Å². The van der Waals surface area contributed by atoms with Gasteiger partial charge in [-0.05, 0) is 12.5 Å². The molecular weight excluding hydrogens is 306 g/mol. The first kappa shape index (κ1) is 14.8. The Labute approximate surface area is 129 Å². The highest BCUT2D eigenvalue weighted by molar-refractivity contribution is 6.25. The van der Waals surface area contributed by atoms with Crippen LogP contribution in [0.2, 0.25) is 0 Å². The third-order valence-electron chi connectivity index (χ3n) is 4.05. The van der Waals surface area contributed by atoms with E-state index in [1.165, 1.54) is 19.2 Å². The second-order valence-corrected chi connectivity index (χ2v) is 5.28. The van der Waals surface area contributed by atoms with Gasteiger partial charge in [-0.25, -0.2) is 0 Å². The minimum atomic E-state index is -1.12. The average molecular weight is 317 g/mol. The van der Waals surface area contributed by atoms with Crippen molar-refractivity contribution in [2.75, 3.05) is 7.05 Å². The molecule has 2 heterocycles. The van der Waals surface area contributed by atoms with Crippen LogP contribution in [-0.4, -0.2) is 51.4 Å². The minimum absolute atomic E-state index is 0.0152. The largest absolute Gasteiger partial charge is 0.284 e. The van der Waals surface area contributed by atoms with Gasteiger partial charge in [0.1, 0.15) is 11.6 Å². The van der Waals surface area contributed by atoms with Gasteiger partial charge in [0.15, 0.2) is 0 Å². The fraction of sp³-hybridized carbons (Fsp3) is 0.286. The van der Waals surface area contributed by atoms with Gasteiger partial charge in [0, 0.05) is 19.5 Å². The number of hydrogen-bond donors (Lipinski definition) is 0. The van der Waals surface area contributed by atoms with Crippen LogP contribution in [0.1, 0.15) is 33.6 Å². The fourth-order valence-electron chi connectivity index (χ4n) is 2.86. The summed E-state index contributed by atoms with van der Waals surface area (Å²) in [5.74, 6) is -2.69. The average Bonchev–Trinajstić information content (AvgIpc) is 2.77. The Kier molecular flexibility index (Phi) is 3.20. The summed E-state index contributed by atoms with van der Waals surface area (Å²) in [5, 5.41) is 11.1. The summed E-state index contributed by atoms with van der Waals surface area (Å²) in [4.78, 5) is 60.6. The maximum Gasteiger partial charge on any atom is 0.282 e. The predicted molar refractivity (Wildman–Crippen MR) is 74.4 cm³/mol. The summed E-state index contributed by atoms with van der Waals surface area (Å²) in [6.07, 6.45) is 0.0314. The first-order valence-corrected chi connectivity index (χ1v) is 6.80. The van der Waals surface area contributed by atoms with Crippen molar-refractivity contribution < 1.29 is 24.1 Å². The highest BCUT2D eigenvalue weighted by Gasteiger charge is 2.48. The number of piperidine rings is 1. The molecule has 0 aliphatic carbocycles. The van der Waals surface area contributed by atoms with Crippen LogP contribution in [0.5, 0.6) is 0 Å². The molecule has 0 radical (unpaired) electrons. The molecular formula is C14H11N3O6. The molecule has 0 saturated carbocycles. The third kappa shape index (κ3) is 2.00. The number of benzene rings is 1. The molecule has 3 rings (SSSR count). The zero-order chi connectivity index (χ0) is 16.9. The zero-order valence-electron chi connectivity index (χ0n) is 12.0. The molecule has 9 heteroatoms. The van der Waals surface area contributed by atoms with Crippen LogP contribution >= 0.6 is 0 Å². The number of nitro groups is 1. The van der Waals surface area contributed by atoms with Gasteiger partial charge >= 0.3 is 0 Å². The molecule has 1 aromatic carbocycles. The van der Waals surface area contributed by atoms with Crippen LogP contribution in [0, 0.1) is 10.1 Å². The second kappa shape index (κ2) is 4.97. The smallest absolute Gasteiger partial charge is 0.282 e. The number of amides is 4. The lowest BCUT2D eigenvalue weighted by atomic mass is 10.0. The van der Waals surface area contributed by atoms with Crippen molar-refractivity contribution in [2.45, 2.75) is 18.9 Å². The van der Waals surface area contributed by atoms with Gasteiger partial charge in [-0.1, -0.05) is 6.07 Å². The quantitative estimate of drug-likeness (QED) is 0.441. The Morgan fingerprint density at radius 2 is 1.87 bits per heavy atom. The first-order chi connectivity index (χ1) is 10.8. The maximum atomic E-state index is 12.5. The van der Waals surface area contributed by atoms with Crippen molar-refractivity contribution in [1.82, 2.24) is 9.80 Å². The number of nitro benzene ring substituents is 1. The number of carbonyl (C=O) groups excluding carboxylic acids is 4. The van der Waals surface area contributed by atoms with Gasteiger partial charge in [0.25, 0.3) is 23.4 Å². The van der Waals surface area contributed by atoms with Crippen LogP contribution in [0.15, 0.2) is 18.2 Å². The summed E-state index contributed by atoms with van der Waals surface area (Å²) in [6, 6.07) is 2.63. The molecule has 118 valence electrons. The van der Waals surface area contributed by atoms with E-state index < -0.39 is 40.3 Å². The highest BCUT2D eigenvalue weighted by Crippen LogP contribution is 2.33. The summed E-state index contributed by atoms with van der Waals surface area (Å²) in [7, 11) is 1.28. The van der Waals surface area contributed by atoms with Gasteiger partial charge in [0.2, 0.25) is 5.91 Å². The summed E-state index contributed by atoms with van der Waals surface area (Å²) >= 11 is 0. The van der Waals surface area contributed by atoms with E-state index in [4.69, 9.17) is 0 Å². The number of nitrogens with zero attached hydrogens (tertiary/aromatic N) is 3. The van der Waals surface area contributed by atoms with Crippen molar-refractivity contribution >= 4 is 29.3 Å². The Balaban J connectivity index is 2.04. The van der Waals surface area contributed by atoms with Crippen molar-refractivity contribution in [2.24, 2.45) is 0 Å². The first-order valence-electron chi connectivity index (χ1n) is 6.80. The maximum absolute atomic E-state index is 12.5. The van der Waals surface area contributed by atoms with Crippen molar-refractivity contribution in [3.8, 4) is 0 Å². The van der Waals surface area contributed by atoms with Crippen molar-refractivity contribution in [3.63, 3.8) is 0 Å². The lowest BCUT2D eigenvalue weighted by molar-refractivity contribution is -0.385. The van der Waals surface area contributed by atoms with E-state index in [0.717, 1.165) is 15.9 Å². The monoisotopic (exact) mass is 317 g/mol. The number of imide groups is 2. The molecule has 4 amide bonds. The Hall–Kier alpha value is -3.10. The Bertz CT molecular complexity index is 787. The molecule has 1 atom stereocenters. The van der Waals surface area contributed by atoms with E-state index >= 15 is 0 Å². The molecule has 0 spiro atoms. The zero-order valence-corrected chi connectivity index (χ0v) is 12.0. The number of rotatable bonds is 2. The molecule has 1 fully saturated rings. The highest BCUT2D eigenvalue weighted by atomic mass is 16.6. The predicted octanol–water partition coefficient (Wildman–Crippen LogP) is 0.338. The fourth-order valence-corrected chi connectivity index (χ4v) is 2.86. The third-order valence-corrected chi connectivity index (χ3v) is 4.05. The molecule has 1 saturated heterocycles. The Morgan fingerprint density at radius 3 is 2.52 bits per heavy atom. The lowest BCUT2D eigenvalue weighted by Crippen LogP contribution is -2.54. The molecule has 0 aromatic heterocycles. The van der Waals surface area contributed by atoms with Crippen LogP contribution in [0.4, 0.5) is 5.69 Å². The van der Waals surface area contributed by atoms with Crippen LogP contribution in [0.3, 0.4) is 0 Å². The molecule has 2 aliphatic rings. The SMILES string of the molecule is CN1C(=O)CCC(N2C(=O)c3cccc([N+](=O)[O-])c3C2=O)C1=O. The van der Waals surface area contributed by atoms with E-state index in [1.807, 2.05) is 0 Å². The summed E-state index contributed by atoms with van der Waals surface area (Å²) in [6.45, 7) is 0. The molecule has 0 N–H and O–H groups in total. The van der Waals surface area contributed by atoms with Gasteiger partial charge in [-0.15, -0.1) is 0 Å². The second-order valence-electron chi connectivity index (χ2n) is 5.28. The molecule has 9 nitrogen and oxygen atoms in total. The molecule has 23 heavy (non-hydrogen) atoms. The Morgan fingerprint density at radius 1 is 1.17 bits per heavy atom. The van der Waals surface area contributed by atoms with E-state index in [9.17, 15) is 29.3 Å². The van der Waals surface area contributed by atoms with Crippen molar-refractivity contribution in [1.29, 1.82) is 0 Å². The number of likely N-dealkylation sites (tertiary alicyclic amines) is 1. The standard InChI is InChI=1S/C14H11N3O6/c1-15-10(18)6-5-9(13(15)20)16-12(19)7-3-2-4-8(17(22)23)11(7)14(16)21/h2-4,9H,5-6H2,1H3. The number of likely N-dealkylation sites (N-methyl/N-ethyl adjacent to an activating group) is 1. The topological polar surface area (TPSA) is 118 Å². The summed E-state index contributed by atoms with van der Waals surface area (Å²) in [5.41, 5.74) is -0.887. The van der Waals surface area contributed by atoms with E-state index in [1.54, 1.807) is 0 Å². The normalized spacial score (nSPS) is 21.0. The molecule has 0 bridgehead atoms. The van der Waals surface area contributed by atoms with Crippen LogP contribution in [0.25, 0.3) is 0 Å².